The number of hydrogen-bond acceptors (Lipinski definition) is 3. The monoisotopic (exact) mass is 634 g/mol. The van der Waals surface area contributed by atoms with Crippen LogP contribution >= 0.6 is 43.5 Å². The van der Waals surface area contributed by atoms with E-state index < -0.39 is 6.04 Å². The fourth-order valence-electron chi connectivity index (χ4n) is 3.66. The third-order valence-electron chi connectivity index (χ3n) is 5.61. The zero-order valence-corrected chi connectivity index (χ0v) is 24.0. The summed E-state index contributed by atoms with van der Waals surface area (Å²) < 4.78 is 7.43. The van der Waals surface area contributed by atoms with E-state index in [1.54, 1.807) is 23.1 Å². The van der Waals surface area contributed by atoms with Crippen molar-refractivity contribution in [2.24, 2.45) is 0 Å². The Morgan fingerprint density at radius 3 is 2.39 bits per heavy atom. The number of carbonyl (C=O) groups excluding carboxylic acids is 2. The van der Waals surface area contributed by atoms with Crippen molar-refractivity contribution in [3.63, 3.8) is 0 Å². The predicted molar refractivity (Wildman–Crippen MR) is 151 cm³/mol. The van der Waals surface area contributed by atoms with E-state index in [0.29, 0.717) is 28.2 Å². The number of hydrogen-bond donors (Lipinski definition) is 1. The van der Waals surface area contributed by atoms with Crippen molar-refractivity contribution in [1.29, 1.82) is 0 Å². The Hall–Kier alpha value is -2.35. The first-order valence-corrected chi connectivity index (χ1v) is 13.8. The van der Waals surface area contributed by atoms with E-state index in [4.69, 9.17) is 16.3 Å². The van der Waals surface area contributed by atoms with Gasteiger partial charge in [-0.1, -0.05) is 83.3 Å². The smallest absolute Gasteiger partial charge is 0.261 e. The van der Waals surface area contributed by atoms with Gasteiger partial charge in [-0.3, -0.25) is 9.59 Å². The lowest BCUT2D eigenvalue weighted by molar-refractivity contribution is -0.142. The third-order valence-corrected chi connectivity index (χ3v) is 7.00. The maximum absolute atomic E-state index is 13.6. The van der Waals surface area contributed by atoms with Gasteiger partial charge in [0, 0.05) is 29.0 Å². The largest absolute Gasteiger partial charge is 0.483 e. The molecule has 0 radical (unpaired) electrons. The van der Waals surface area contributed by atoms with Crippen LogP contribution in [0.5, 0.6) is 5.75 Å². The summed E-state index contributed by atoms with van der Waals surface area (Å²) >= 11 is 12.9. The van der Waals surface area contributed by atoms with Crippen molar-refractivity contribution in [2.75, 3.05) is 13.2 Å². The SMILES string of the molecule is CCCCNC(=O)C(Cc1ccccc1)N(Cc1ccc(Br)cc1)C(=O)COc1ccc(Cl)cc1Br. The van der Waals surface area contributed by atoms with E-state index in [-0.39, 0.29) is 25.0 Å². The van der Waals surface area contributed by atoms with Crippen LogP contribution in [-0.2, 0) is 22.6 Å². The summed E-state index contributed by atoms with van der Waals surface area (Å²) in [6.45, 7) is 2.69. The second-order valence-corrected chi connectivity index (χ2v) is 10.6. The minimum absolute atomic E-state index is 0.176. The first kappa shape index (κ1) is 28.2. The molecular formula is C28H29Br2ClN2O3. The number of nitrogens with one attached hydrogen (secondary N) is 1. The van der Waals surface area contributed by atoms with Crippen LogP contribution in [0.3, 0.4) is 0 Å². The van der Waals surface area contributed by atoms with Crippen molar-refractivity contribution in [1.82, 2.24) is 10.2 Å². The van der Waals surface area contributed by atoms with E-state index in [1.807, 2.05) is 54.6 Å². The minimum Gasteiger partial charge on any atom is -0.483 e. The zero-order valence-electron chi connectivity index (χ0n) is 20.1. The second kappa shape index (κ2) is 14.4. The molecule has 0 aliphatic rings. The van der Waals surface area contributed by atoms with Crippen LogP contribution < -0.4 is 10.1 Å². The first-order valence-electron chi connectivity index (χ1n) is 11.8. The van der Waals surface area contributed by atoms with E-state index in [2.05, 4.69) is 44.1 Å². The van der Waals surface area contributed by atoms with Crippen molar-refractivity contribution in [3.8, 4) is 5.75 Å². The number of ether oxygens (including phenoxy) is 1. The molecule has 190 valence electrons. The Labute approximate surface area is 234 Å². The Kier molecular flexibility index (Phi) is 11.3. The van der Waals surface area contributed by atoms with Gasteiger partial charge in [0.1, 0.15) is 11.8 Å². The molecule has 36 heavy (non-hydrogen) atoms. The molecule has 3 aromatic carbocycles. The van der Waals surface area contributed by atoms with Crippen molar-refractivity contribution in [2.45, 2.75) is 38.8 Å². The Bertz CT molecular complexity index is 1140. The number of nitrogens with zero attached hydrogens (tertiary/aromatic N) is 1. The minimum atomic E-state index is -0.697. The Morgan fingerprint density at radius 1 is 1.00 bits per heavy atom. The number of halogens is 3. The molecule has 0 spiro atoms. The molecule has 5 nitrogen and oxygen atoms in total. The normalized spacial score (nSPS) is 11.6. The van der Waals surface area contributed by atoms with E-state index in [0.717, 1.165) is 28.4 Å². The zero-order chi connectivity index (χ0) is 25.9. The van der Waals surface area contributed by atoms with Crippen LogP contribution in [0.1, 0.15) is 30.9 Å². The molecule has 0 aromatic heterocycles. The highest BCUT2D eigenvalue weighted by molar-refractivity contribution is 9.10. The molecular weight excluding hydrogens is 608 g/mol. The number of unbranched alkanes of at least 4 members (excludes halogenated alkanes) is 1. The Balaban J connectivity index is 1.88. The predicted octanol–water partition coefficient (Wildman–Crippen LogP) is 6.80. The van der Waals surface area contributed by atoms with Crippen LogP contribution in [0.15, 0.2) is 81.7 Å². The molecule has 0 aliphatic heterocycles. The van der Waals surface area contributed by atoms with Gasteiger partial charge in [-0.2, -0.15) is 0 Å². The highest BCUT2D eigenvalue weighted by Gasteiger charge is 2.30. The molecule has 8 heteroatoms. The van der Waals surface area contributed by atoms with Gasteiger partial charge in [-0.15, -0.1) is 0 Å². The van der Waals surface area contributed by atoms with Gasteiger partial charge in [0.05, 0.1) is 4.47 Å². The summed E-state index contributed by atoms with van der Waals surface area (Å²) in [5.74, 6) is 0.0418. The summed E-state index contributed by atoms with van der Waals surface area (Å²) in [5, 5.41) is 3.58. The lowest BCUT2D eigenvalue weighted by Gasteiger charge is -2.31. The first-order chi connectivity index (χ1) is 17.4. The number of rotatable bonds is 12. The standard InChI is InChI=1S/C28H29Br2ClN2O3/c1-2-3-15-32-28(35)25(16-20-7-5-4-6-8-20)33(18-21-9-11-22(29)12-10-21)27(34)19-36-26-14-13-23(31)17-24(26)30/h4-14,17,25H,2-3,15-16,18-19H2,1H3,(H,32,35). The van der Waals surface area contributed by atoms with Crippen LogP contribution in [0.25, 0.3) is 0 Å². The highest BCUT2D eigenvalue weighted by atomic mass is 79.9. The molecule has 0 fully saturated rings. The molecule has 0 saturated carbocycles. The number of benzene rings is 3. The van der Waals surface area contributed by atoms with E-state index >= 15 is 0 Å². The molecule has 1 N–H and O–H groups in total. The molecule has 0 heterocycles. The molecule has 0 saturated heterocycles. The van der Waals surface area contributed by atoms with Gasteiger partial charge in [-0.25, -0.2) is 0 Å². The average Bonchev–Trinajstić information content (AvgIpc) is 2.87. The summed E-state index contributed by atoms with van der Waals surface area (Å²) in [6.07, 6.45) is 2.23. The fourth-order valence-corrected chi connectivity index (χ4v) is 4.72. The second-order valence-electron chi connectivity index (χ2n) is 8.36. The highest BCUT2D eigenvalue weighted by Crippen LogP contribution is 2.28. The average molecular weight is 637 g/mol. The molecule has 2 amide bonds. The lowest BCUT2D eigenvalue weighted by Crippen LogP contribution is -2.51. The Morgan fingerprint density at radius 2 is 1.72 bits per heavy atom. The van der Waals surface area contributed by atoms with Crippen LogP contribution in [0.4, 0.5) is 0 Å². The van der Waals surface area contributed by atoms with Crippen molar-refractivity contribution in [3.05, 3.63) is 97.9 Å². The molecule has 1 unspecified atom stereocenters. The number of amides is 2. The summed E-state index contributed by atoms with van der Waals surface area (Å²) in [4.78, 5) is 28.6. The van der Waals surface area contributed by atoms with Gasteiger partial charge in [-0.05, 0) is 63.8 Å². The topological polar surface area (TPSA) is 58.6 Å². The molecule has 0 aliphatic carbocycles. The van der Waals surface area contributed by atoms with E-state index in [1.165, 1.54) is 0 Å². The third kappa shape index (κ3) is 8.64. The van der Waals surface area contributed by atoms with Crippen molar-refractivity contribution >= 4 is 55.3 Å². The van der Waals surface area contributed by atoms with Gasteiger partial charge < -0.3 is 15.0 Å². The summed E-state index contributed by atoms with van der Waals surface area (Å²) in [5.41, 5.74) is 1.89. The number of carbonyl (C=O) groups is 2. The van der Waals surface area contributed by atoms with Crippen LogP contribution in [0, 0.1) is 0 Å². The molecule has 1 atom stereocenters. The quantitative estimate of drug-likeness (QED) is 0.223. The van der Waals surface area contributed by atoms with Crippen LogP contribution in [-0.4, -0.2) is 35.9 Å². The fraction of sp³-hybridized carbons (Fsp3) is 0.286. The lowest BCUT2D eigenvalue weighted by atomic mass is 10.0. The summed E-state index contributed by atoms with van der Waals surface area (Å²) in [7, 11) is 0. The van der Waals surface area contributed by atoms with Gasteiger partial charge in [0.15, 0.2) is 6.61 Å². The molecule has 3 aromatic rings. The van der Waals surface area contributed by atoms with Gasteiger partial charge in [0.2, 0.25) is 5.91 Å². The maximum Gasteiger partial charge on any atom is 0.261 e. The summed E-state index contributed by atoms with van der Waals surface area (Å²) in [6, 6.07) is 21.9. The van der Waals surface area contributed by atoms with Gasteiger partial charge in [0.25, 0.3) is 5.91 Å². The molecule has 3 rings (SSSR count). The van der Waals surface area contributed by atoms with Crippen LogP contribution in [0.2, 0.25) is 5.02 Å². The van der Waals surface area contributed by atoms with E-state index in [9.17, 15) is 9.59 Å². The van der Waals surface area contributed by atoms with Crippen molar-refractivity contribution < 1.29 is 14.3 Å². The maximum atomic E-state index is 13.6. The molecule has 0 bridgehead atoms. The van der Waals surface area contributed by atoms with Gasteiger partial charge >= 0.3 is 0 Å².